The third kappa shape index (κ3) is 3.60. The molecule has 5 rings (SSSR count). The molecule has 2 N–H and O–H groups in total. The van der Waals surface area contributed by atoms with E-state index in [1.165, 1.54) is 83.1 Å². The molecule has 3 fully saturated rings. The largest absolute Gasteiger partial charge is 0.323 e. The van der Waals surface area contributed by atoms with Gasteiger partial charge in [0.15, 0.2) is 6.04 Å². The van der Waals surface area contributed by atoms with Gasteiger partial charge in [-0.15, -0.1) is 5.10 Å². The van der Waals surface area contributed by atoms with E-state index >= 15 is 0 Å². The number of tetrazole rings is 1. The van der Waals surface area contributed by atoms with Crippen LogP contribution in [-0.4, -0.2) is 52.4 Å². The molecule has 1 aromatic carbocycles. The molecule has 0 unspecified atom stereocenters. The summed E-state index contributed by atoms with van der Waals surface area (Å²) < 4.78 is 2.17. The van der Waals surface area contributed by atoms with E-state index < -0.39 is 0 Å². The lowest BCUT2D eigenvalue weighted by Crippen LogP contribution is -3.29. The van der Waals surface area contributed by atoms with E-state index in [0.717, 1.165) is 11.9 Å². The highest BCUT2D eigenvalue weighted by molar-refractivity contribution is 5.22. The van der Waals surface area contributed by atoms with Crippen LogP contribution in [-0.2, 0) is 0 Å². The fourth-order valence-corrected chi connectivity index (χ4v) is 5.94. The Kier molecular flexibility index (Phi) is 5.41. The zero-order valence-electron chi connectivity index (χ0n) is 16.9. The second-order valence-corrected chi connectivity index (χ2v) is 9.06. The van der Waals surface area contributed by atoms with Crippen LogP contribution in [0.25, 0.3) is 0 Å². The fraction of sp³-hybridized carbons (Fsp3) is 0.682. The molecule has 1 aromatic heterocycles. The SMILES string of the molecule is c1ccc([C@H](c2nnnn2C2CCCC2)[NH+]2CC[NH+](C3CCCC3)CC2)cc1. The molecule has 2 aromatic rings. The normalized spacial score (nSPS) is 28.0. The predicted octanol–water partition coefficient (Wildman–Crippen LogP) is 0.604. The maximum atomic E-state index is 4.58. The summed E-state index contributed by atoms with van der Waals surface area (Å²) in [7, 11) is 0. The minimum Gasteiger partial charge on any atom is -0.323 e. The van der Waals surface area contributed by atoms with E-state index in [0.29, 0.717) is 6.04 Å². The van der Waals surface area contributed by atoms with Crippen LogP contribution in [0.3, 0.4) is 0 Å². The van der Waals surface area contributed by atoms with E-state index in [9.17, 15) is 0 Å². The second kappa shape index (κ2) is 8.29. The number of benzene rings is 1. The van der Waals surface area contributed by atoms with Crippen molar-refractivity contribution in [2.24, 2.45) is 0 Å². The monoisotopic (exact) mass is 382 g/mol. The van der Waals surface area contributed by atoms with Gasteiger partial charge in [-0.05, 0) is 49.0 Å². The lowest BCUT2D eigenvalue weighted by Gasteiger charge is -2.36. The Hall–Kier alpha value is -1.79. The number of hydrogen-bond donors (Lipinski definition) is 2. The van der Waals surface area contributed by atoms with Gasteiger partial charge in [-0.2, -0.15) is 0 Å². The van der Waals surface area contributed by atoms with Gasteiger partial charge in [-0.25, -0.2) is 4.68 Å². The van der Waals surface area contributed by atoms with Crippen LogP contribution >= 0.6 is 0 Å². The van der Waals surface area contributed by atoms with Gasteiger partial charge in [0.2, 0.25) is 5.82 Å². The molecule has 1 atom stereocenters. The van der Waals surface area contributed by atoms with Gasteiger partial charge in [0, 0.05) is 5.56 Å². The average molecular weight is 383 g/mol. The predicted molar refractivity (Wildman–Crippen MR) is 107 cm³/mol. The van der Waals surface area contributed by atoms with Crippen molar-refractivity contribution in [3.05, 3.63) is 41.7 Å². The first-order chi connectivity index (χ1) is 13.9. The molecule has 0 spiro atoms. The highest BCUT2D eigenvalue weighted by atomic mass is 15.6. The Bertz CT molecular complexity index is 739. The van der Waals surface area contributed by atoms with E-state index in [4.69, 9.17) is 0 Å². The Labute approximate surface area is 167 Å². The van der Waals surface area contributed by atoms with E-state index in [1.54, 1.807) is 4.90 Å². The van der Waals surface area contributed by atoms with Gasteiger partial charge in [-0.3, -0.25) is 0 Å². The van der Waals surface area contributed by atoms with Gasteiger partial charge in [0.05, 0.1) is 12.1 Å². The van der Waals surface area contributed by atoms with Crippen molar-refractivity contribution in [2.45, 2.75) is 69.5 Å². The van der Waals surface area contributed by atoms with Crippen LogP contribution < -0.4 is 9.80 Å². The summed E-state index contributed by atoms with van der Waals surface area (Å²) in [5.41, 5.74) is 1.36. The Morgan fingerprint density at radius 1 is 0.857 bits per heavy atom. The minimum absolute atomic E-state index is 0.252. The average Bonchev–Trinajstić information content (AvgIpc) is 3.51. The van der Waals surface area contributed by atoms with E-state index in [1.807, 2.05) is 4.90 Å². The number of nitrogens with one attached hydrogen (secondary N) is 2. The van der Waals surface area contributed by atoms with Crippen LogP contribution in [0.2, 0.25) is 0 Å². The molecule has 28 heavy (non-hydrogen) atoms. The van der Waals surface area contributed by atoms with Crippen molar-refractivity contribution in [2.75, 3.05) is 26.2 Å². The van der Waals surface area contributed by atoms with Gasteiger partial charge >= 0.3 is 0 Å². The van der Waals surface area contributed by atoms with Crippen LogP contribution in [0, 0.1) is 0 Å². The number of rotatable bonds is 5. The molecule has 6 heteroatoms. The van der Waals surface area contributed by atoms with Gasteiger partial charge in [0.25, 0.3) is 0 Å². The molecule has 3 aliphatic rings. The summed E-state index contributed by atoms with van der Waals surface area (Å²) in [6.07, 6.45) is 10.8. The zero-order valence-corrected chi connectivity index (χ0v) is 16.9. The third-order valence-corrected chi connectivity index (χ3v) is 7.46. The summed E-state index contributed by atoms with van der Waals surface area (Å²) in [4.78, 5) is 3.49. The summed E-state index contributed by atoms with van der Waals surface area (Å²) in [5, 5.41) is 13.2. The first-order valence-corrected chi connectivity index (χ1v) is 11.4. The summed E-state index contributed by atoms with van der Waals surface area (Å²) in [6.45, 7) is 4.99. The lowest BCUT2D eigenvalue weighted by atomic mass is 10.0. The summed E-state index contributed by atoms with van der Waals surface area (Å²) in [6, 6.07) is 12.6. The standard InChI is InChI=1S/C22H32N6/c1-2-8-18(9-3-1)21(22-23-24-25-28(22)20-12-6-7-13-20)27-16-14-26(15-17-27)19-10-4-5-11-19/h1-3,8-9,19-21H,4-7,10-17H2/p+2/t21-/m1/s1. The molecule has 6 nitrogen and oxygen atoms in total. The van der Waals surface area contributed by atoms with Crippen molar-refractivity contribution >= 4 is 0 Å². The number of hydrogen-bond acceptors (Lipinski definition) is 3. The molecule has 150 valence electrons. The van der Waals surface area contributed by atoms with Gasteiger partial charge in [0.1, 0.15) is 26.2 Å². The topological polar surface area (TPSA) is 52.5 Å². The van der Waals surface area contributed by atoms with E-state index in [2.05, 4.69) is 50.5 Å². The van der Waals surface area contributed by atoms with Gasteiger partial charge in [-0.1, -0.05) is 43.2 Å². The Balaban J connectivity index is 1.40. The van der Waals surface area contributed by atoms with Crippen molar-refractivity contribution in [1.82, 2.24) is 20.2 Å². The van der Waals surface area contributed by atoms with Crippen molar-refractivity contribution in [3.8, 4) is 0 Å². The molecule has 2 heterocycles. The zero-order chi connectivity index (χ0) is 18.8. The van der Waals surface area contributed by atoms with Crippen molar-refractivity contribution in [1.29, 1.82) is 0 Å². The highest BCUT2D eigenvalue weighted by Crippen LogP contribution is 2.31. The smallest absolute Gasteiger partial charge is 0.214 e. The highest BCUT2D eigenvalue weighted by Gasteiger charge is 2.39. The summed E-state index contributed by atoms with van der Waals surface area (Å²) >= 11 is 0. The van der Waals surface area contributed by atoms with Crippen LogP contribution in [0.15, 0.2) is 30.3 Å². The minimum atomic E-state index is 0.252. The first-order valence-electron chi connectivity index (χ1n) is 11.4. The lowest BCUT2D eigenvalue weighted by molar-refractivity contribution is -1.03. The molecule has 0 bridgehead atoms. The second-order valence-electron chi connectivity index (χ2n) is 9.06. The molecule has 2 saturated carbocycles. The Morgan fingerprint density at radius 2 is 1.54 bits per heavy atom. The van der Waals surface area contributed by atoms with Crippen LogP contribution in [0.1, 0.15) is 74.8 Å². The van der Waals surface area contributed by atoms with Crippen molar-refractivity contribution in [3.63, 3.8) is 0 Å². The maximum absolute atomic E-state index is 4.58. The quantitative estimate of drug-likeness (QED) is 0.797. The van der Waals surface area contributed by atoms with Crippen LogP contribution in [0.5, 0.6) is 0 Å². The molecule has 0 radical (unpaired) electrons. The molecule has 1 saturated heterocycles. The fourth-order valence-electron chi connectivity index (χ4n) is 5.94. The number of quaternary nitrogens is 2. The number of nitrogens with zero attached hydrogens (tertiary/aromatic N) is 4. The summed E-state index contributed by atoms with van der Waals surface area (Å²) in [5.74, 6) is 1.08. The number of aromatic nitrogens is 4. The Morgan fingerprint density at radius 3 is 2.25 bits per heavy atom. The first kappa shape index (κ1) is 18.3. The van der Waals surface area contributed by atoms with Crippen LogP contribution in [0.4, 0.5) is 0 Å². The molecule has 1 aliphatic heterocycles. The van der Waals surface area contributed by atoms with E-state index in [-0.39, 0.29) is 6.04 Å². The van der Waals surface area contributed by atoms with Gasteiger partial charge < -0.3 is 9.80 Å². The maximum Gasteiger partial charge on any atom is 0.214 e. The molecule has 2 aliphatic carbocycles. The van der Waals surface area contributed by atoms with Crippen molar-refractivity contribution < 1.29 is 9.80 Å². The number of piperazine rings is 1. The molecule has 0 amide bonds. The third-order valence-electron chi connectivity index (χ3n) is 7.46. The molecular formula is C22H34N6+2. The molecular weight excluding hydrogens is 348 g/mol.